The normalized spacial score (nSPS) is 28.5. The minimum absolute atomic E-state index is 0.151. The predicted octanol–water partition coefficient (Wildman–Crippen LogP) is -2.08. The van der Waals surface area contributed by atoms with Crippen LogP contribution in [0.15, 0.2) is 12.7 Å². The van der Waals surface area contributed by atoms with Crippen LogP contribution in [-0.4, -0.2) is 70.0 Å². The van der Waals surface area contributed by atoms with Crippen LogP contribution in [0.2, 0.25) is 0 Å². The number of nitrogen functional groups attached to an aromatic ring is 1. The van der Waals surface area contributed by atoms with Crippen molar-refractivity contribution in [3.8, 4) is 0 Å². The zero-order chi connectivity index (χ0) is 18.4. The third-order valence-electron chi connectivity index (χ3n) is 4.25. The van der Waals surface area contributed by atoms with Gasteiger partial charge in [0.05, 0.1) is 18.1 Å². The Bertz CT molecular complexity index is 810. The zero-order valence-electron chi connectivity index (χ0n) is 13.0. The number of aromatic nitrogens is 4. The lowest BCUT2D eigenvalue weighted by atomic mass is 10.1. The van der Waals surface area contributed by atoms with E-state index in [1.54, 1.807) is 0 Å². The van der Waals surface area contributed by atoms with Crippen molar-refractivity contribution in [1.82, 2.24) is 19.5 Å². The largest absolute Gasteiger partial charge is 0.388 e. The molecule has 1 aliphatic rings. The number of anilines is 1. The van der Waals surface area contributed by atoms with Crippen molar-refractivity contribution < 1.29 is 29.3 Å². The third-order valence-corrected chi connectivity index (χ3v) is 5.62. The molecule has 1 saturated heterocycles. The molecule has 138 valence electrons. The maximum atomic E-state index is 11.4. The van der Waals surface area contributed by atoms with Gasteiger partial charge in [-0.1, -0.05) is 0 Å². The first-order chi connectivity index (χ1) is 11.7. The Hall–Kier alpha value is -1.66. The first kappa shape index (κ1) is 18.1. The number of rotatable bonds is 5. The van der Waals surface area contributed by atoms with Gasteiger partial charge in [0.1, 0.15) is 24.1 Å². The van der Waals surface area contributed by atoms with Crippen LogP contribution in [-0.2, 0) is 9.30 Å². The van der Waals surface area contributed by atoms with E-state index in [0.29, 0.717) is 11.2 Å². The first-order valence-corrected chi connectivity index (χ1v) is 9.12. The maximum absolute atomic E-state index is 11.4. The number of nitrogens with two attached hydrogens (primary N) is 2. The van der Waals surface area contributed by atoms with E-state index >= 15 is 0 Å². The summed E-state index contributed by atoms with van der Waals surface area (Å²) in [6.45, 7) is -0.282. The molecule has 8 N–H and O–H groups in total. The highest BCUT2D eigenvalue weighted by atomic mass is 31.2. The Morgan fingerprint density at radius 2 is 2.00 bits per heavy atom. The first-order valence-electron chi connectivity index (χ1n) is 7.44. The SMILES string of the molecule is NCC(C[C@H]1O[C@@H](n2cnc3c(N)ncnc32)[C@H](O)[C@@H]1O)P(=O)(O)O. The van der Waals surface area contributed by atoms with Gasteiger partial charge < -0.3 is 36.2 Å². The Labute approximate surface area is 141 Å². The summed E-state index contributed by atoms with van der Waals surface area (Å²) in [5.41, 5.74) is 10.5. The highest BCUT2D eigenvalue weighted by molar-refractivity contribution is 7.52. The summed E-state index contributed by atoms with van der Waals surface area (Å²) in [6, 6.07) is 0. The fourth-order valence-electron chi connectivity index (χ4n) is 2.85. The van der Waals surface area contributed by atoms with Crippen LogP contribution in [0.5, 0.6) is 0 Å². The van der Waals surface area contributed by atoms with Gasteiger partial charge in [0.15, 0.2) is 17.7 Å². The van der Waals surface area contributed by atoms with Crippen molar-refractivity contribution in [2.75, 3.05) is 12.3 Å². The molecule has 2 aromatic rings. The summed E-state index contributed by atoms with van der Waals surface area (Å²) >= 11 is 0. The number of ether oxygens (including phenoxy) is 1. The molecule has 1 unspecified atom stereocenters. The standard InChI is InChI=1S/C12H19N6O6P/c13-2-5(25(21,22)23)1-6-8(19)9(20)12(24-6)18-4-17-7-10(14)15-3-16-11(7)18/h3-6,8-9,12,19-20H,1-2,13H2,(H2,14,15,16)(H2,21,22,23)/t5?,6-,8-,9-,12-/m1/s1. The second-order valence-corrected chi connectivity index (χ2v) is 7.75. The van der Waals surface area contributed by atoms with Crippen LogP contribution in [0.4, 0.5) is 5.82 Å². The van der Waals surface area contributed by atoms with E-state index in [2.05, 4.69) is 15.0 Å². The predicted molar refractivity (Wildman–Crippen MR) is 85.2 cm³/mol. The van der Waals surface area contributed by atoms with Gasteiger partial charge in [-0.2, -0.15) is 0 Å². The van der Waals surface area contributed by atoms with Crippen molar-refractivity contribution in [2.45, 2.75) is 36.6 Å². The Morgan fingerprint density at radius 1 is 1.28 bits per heavy atom. The van der Waals surface area contributed by atoms with Gasteiger partial charge in [-0.15, -0.1) is 0 Å². The highest BCUT2D eigenvalue weighted by Gasteiger charge is 2.46. The van der Waals surface area contributed by atoms with E-state index in [4.69, 9.17) is 16.2 Å². The van der Waals surface area contributed by atoms with Gasteiger partial charge in [-0.05, 0) is 6.42 Å². The molecule has 3 rings (SSSR count). The van der Waals surface area contributed by atoms with Gasteiger partial charge in [0.2, 0.25) is 0 Å². The summed E-state index contributed by atoms with van der Waals surface area (Å²) in [7, 11) is -4.45. The molecule has 1 fully saturated rings. The molecule has 1 aliphatic heterocycles. The van der Waals surface area contributed by atoms with E-state index in [-0.39, 0.29) is 18.8 Å². The van der Waals surface area contributed by atoms with Gasteiger partial charge in [-0.3, -0.25) is 9.13 Å². The van der Waals surface area contributed by atoms with Crippen LogP contribution >= 0.6 is 7.60 Å². The number of aliphatic hydroxyl groups is 2. The van der Waals surface area contributed by atoms with E-state index in [9.17, 15) is 24.6 Å². The third kappa shape index (κ3) is 3.25. The zero-order valence-corrected chi connectivity index (χ0v) is 13.8. The molecule has 0 aromatic carbocycles. The second kappa shape index (κ2) is 6.57. The van der Waals surface area contributed by atoms with Gasteiger partial charge in [0, 0.05) is 6.54 Å². The molecule has 0 bridgehead atoms. The molecule has 2 aromatic heterocycles. The van der Waals surface area contributed by atoms with Crippen LogP contribution in [0, 0.1) is 0 Å². The summed E-state index contributed by atoms with van der Waals surface area (Å²) in [6.07, 6.45) is -2.42. The van der Waals surface area contributed by atoms with Crippen molar-refractivity contribution in [2.24, 2.45) is 5.73 Å². The lowest BCUT2D eigenvalue weighted by Crippen LogP contribution is -2.35. The highest BCUT2D eigenvalue weighted by Crippen LogP contribution is 2.45. The van der Waals surface area contributed by atoms with Gasteiger partial charge >= 0.3 is 7.60 Å². The van der Waals surface area contributed by atoms with E-state index in [1.165, 1.54) is 17.2 Å². The lowest BCUT2D eigenvalue weighted by molar-refractivity contribution is -0.0373. The van der Waals surface area contributed by atoms with Gasteiger partial charge in [-0.25, -0.2) is 15.0 Å². The minimum Gasteiger partial charge on any atom is -0.388 e. The number of imidazole rings is 1. The average molecular weight is 374 g/mol. The van der Waals surface area contributed by atoms with Crippen LogP contribution in [0.25, 0.3) is 11.2 Å². The molecule has 0 radical (unpaired) electrons. The monoisotopic (exact) mass is 374 g/mol. The summed E-state index contributed by atoms with van der Waals surface area (Å²) < 4.78 is 18.4. The van der Waals surface area contributed by atoms with Crippen molar-refractivity contribution in [3.63, 3.8) is 0 Å². The summed E-state index contributed by atoms with van der Waals surface area (Å²) in [4.78, 5) is 30.5. The Balaban J connectivity index is 1.87. The molecule has 25 heavy (non-hydrogen) atoms. The van der Waals surface area contributed by atoms with Crippen molar-refractivity contribution in [3.05, 3.63) is 12.7 Å². The average Bonchev–Trinajstić information content (AvgIpc) is 3.08. The summed E-state index contributed by atoms with van der Waals surface area (Å²) in [5, 5.41) is 20.5. The molecule has 3 heterocycles. The molecular formula is C12H19N6O6P. The molecule has 0 aliphatic carbocycles. The van der Waals surface area contributed by atoms with Crippen LogP contribution in [0.1, 0.15) is 12.6 Å². The quantitative estimate of drug-likeness (QED) is 0.313. The lowest BCUT2D eigenvalue weighted by Gasteiger charge is -2.21. The summed E-state index contributed by atoms with van der Waals surface area (Å²) in [5.74, 6) is 0.151. The maximum Gasteiger partial charge on any atom is 0.329 e. The number of hydrogen-bond acceptors (Lipinski definition) is 9. The number of nitrogens with zero attached hydrogens (tertiary/aromatic N) is 4. The minimum atomic E-state index is -4.45. The fourth-order valence-corrected chi connectivity index (χ4v) is 3.61. The Morgan fingerprint density at radius 3 is 2.64 bits per heavy atom. The van der Waals surface area contributed by atoms with E-state index < -0.39 is 37.8 Å². The van der Waals surface area contributed by atoms with Crippen molar-refractivity contribution in [1.29, 1.82) is 0 Å². The molecular weight excluding hydrogens is 355 g/mol. The van der Waals surface area contributed by atoms with Crippen LogP contribution in [0.3, 0.4) is 0 Å². The molecule has 0 spiro atoms. The number of hydrogen-bond donors (Lipinski definition) is 6. The molecule has 13 heteroatoms. The smallest absolute Gasteiger partial charge is 0.329 e. The molecule has 5 atom stereocenters. The molecule has 0 amide bonds. The fraction of sp³-hybridized carbons (Fsp3) is 0.583. The Kier molecular flexibility index (Phi) is 4.77. The van der Waals surface area contributed by atoms with E-state index in [0.717, 1.165) is 0 Å². The van der Waals surface area contributed by atoms with E-state index in [1.807, 2.05) is 0 Å². The number of fused-ring (bicyclic) bond motifs is 1. The molecule has 12 nitrogen and oxygen atoms in total. The topological polar surface area (TPSA) is 203 Å². The number of aliphatic hydroxyl groups excluding tert-OH is 2. The van der Waals surface area contributed by atoms with Gasteiger partial charge in [0.25, 0.3) is 0 Å². The van der Waals surface area contributed by atoms with Crippen molar-refractivity contribution >= 4 is 24.6 Å². The second-order valence-electron chi connectivity index (χ2n) is 5.84. The molecule has 0 saturated carbocycles. The van der Waals surface area contributed by atoms with Crippen LogP contribution < -0.4 is 11.5 Å².